The Morgan fingerprint density at radius 1 is 0.643 bits per heavy atom. The van der Waals surface area contributed by atoms with Gasteiger partial charge in [0.15, 0.2) is 0 Å². The number of amides is 1. The highest BCUT2D eigenvalue weighted by molar-refractivity contribution is 5.81. The summed E-state index contributed by atoms with van der Waals surface area (Å²) < 4.78 is 35.9. The van der Waals surface area contributed by atoms with Crippen molar-refractivity contribution in [3.05, 3.63) is 0 Å². The van der Waals surface area contributed by atoms with Crippen LogP contribution in [0.4, 0.5) is 13.2 Å². The van der Waals surface area contributed by atoms with E-state index in [9.17, 15) is 18.0 Å². The first kappa shape index (κ1) is 27.2. The van der Waals surface area contributed by atoms with Gasteiger partial charge in [0.2, 0.25) is 0 Å². The molecule has 0 heterocycles. The van der Waals surface area contributed by atoms with Gasteiger partial charge in [0.05, 0.1) is 0 Å². The molecular weight excluding hydrogens is 365 g/mol. The fourth-order valence-corrected chi connectivity index (χ4v) is 3.33. The monoisotopic (exact) mass is 408 g/mol. The number of nitrogens with zero attached hydrogens (tertiary/aromatic N) is 1. The molecule has 0 saturated heterocycles. The summed E-state index contributed by atoms with van der Waals surface area (Å²) in [6, 6.07) is 0. The van der Waals surface area contributed by atoms with Gasteiger partial charge in [-0.05, 0) is 33.5 Å². The van der Waals surface area contributed by atoms with Gasteiger partial charge < -0.3 is 10.2 Å². The van der Waals surface area contributed by atoms with Crippen LogP contribution < -0.4 is 5.32 Å². The van der Waals surface area contributed by atoms with Gasteiger partial charge in [0.25, 0.3) is 0 Å². The minimum Gasteiger partial charge on any atom is -0.348 e. The van der Waals surface area contributed by atoms with Crippen molar-refractivity contribution in [2.75, 3.05) is 27.2 Å². The van der Waals surface area contributed by atoms with Gasteiger partial charge in [-0.15, -0.1) is 0 Å². The van der Waals surface area contributed by atoms with Crippen LogP contribution in [0, 0.1) is 0 Å². The first-order valence-corrected chi connectivity index (χ1v) is 11.3. The predicted octanol–water partition coefficient (Wildman–Crippen LogP) is 6.47. The second-order valence-electron chi connectivity index (χ2n) is 8.21. The fourth-order valence-electron chi connectivity index (χ4n) is 3.33. The maximum absolute atomic E-state index is 12.0. The summed E-state index contributed by atoms with van der Waals surface area (Å²) in [5, 5.41) is 1.91. The molecule has 0 fully saturated rings. The summed E-state index contributed by atoms with van der Waals surface area (Å²) in [6.07, 6.45) is 14.9. The third kappa shape index (κ3) is 20.0. The van der Waals surface area contributed by atoms with Crippen molar-refractivity contribution in [1.82, 2.24) is 10.2 Å². The van der Waals surface area contributed by atoms with Crippen LogP contribution in [0.25, 0.3) is 0 Å². The maximum atomic E-state index is 12.0. The van der Waals surface area contributed by atoms with Crippen LogP contribution in [0.2, 0.25) is 0 Å². The molecule has 0 rings (SSSR count). The summed E-state index contributed by atoms with van der Waals surface area (Å²) >= 11 is 0. The molecule has 0 spiro atoms. The van der Waals surface area contributed by atoms with Crippen molar-refractivity contribution in [3.63, 3.8) is 0 Å². The van der Waals surface area contributed by atoms with Gasteiger partial charge in [-0.2, -0.15) is 13.2 Å². The van der Waals surface area contributed by atoms with Crippen LogP contribution in [0.15, 0.2) is 0 Å². The summed E-state index contributed by atoms with van der Waals surface area (Å²) in [4.78, 5) is 12.9. The van der Waals surface area contributed by atoms with E-state index in [1.165, 1.54) is 83.6 Å². The smallest absolute Gasteiger partial charge is 0.348 e. The maximum Gasteiger partial charge on any atom is 0.471 e. The average molecular weight is 409 g/mol. The van der Waals surface area contributed by atoms with E-state index in [0.29, 0.717) is 6.42 Å². The first-order valence-electron chi connectivity index (χ1n) is 11.3. The van der Waals surface area contributed by atoms with Gasteiger partial charge in [-0.1, -0.05) is 89.9 Å². The molecule has 3 nitrogen and oxygen atoms in total. The van der Waals surface area contributed by atoms with Gasteiger partial charge in [-0.25, -0.2) is 0 Å². The molecule has 0 aromatic rings. The minimum atomic E-state index is -4.76. The largest absolute Gasteiger partial charge is 0.471 e. The zero-order chi connectivity index (χ0) is 21.1. The van der Waals surface area contributed by atoms with Crippen LogP contribution >= 0.6 is 0 Å². The zero-order valence-electron chi connectivity index (χ0n) is 18.2. The first-order chi connectivity index (χ1) is 13.3. The number of alkyl halides is 3. The highest BCUT2D eigenvalue weighted by Gasteiger charge is 2.38. The number of hydrogen-bond donors (Lipinski definition) is 1. The molecule has 0 bridgehead atoms. The lowest BCUT2D eigenvalue weighted by molar-refractivity contribution is -0.173. The van der Waals surface area contributed by atoms with Gasteiger partial charge in [-0.3, -0.25) is 4.79 Å². The topological polar surface area (TPSA) is 32.3 Å². The number of nitrogens with one attached hydrogen (secondary N) is 1. The number of carbonyl (C=O) groups excluding carboxylic acids is 1. The Balaban J connectivity index is 3.12. The number of halogens is 3. The van der Waals surface area contributed by atoms with E-state index in [2.05, 4.69) is 19.0 Å². The van der Waals surface area contributed by atoms with Crippen LogP contribution in [-0.2, 0) is 4.79 Å². The van der Waals surface area contributed by atoms with E-state index in [-0.39, 0.29) is 6.54 Å². The van der Waals surface area contributed by atoms with E-state index in [0.717, 1.165) is 19.3 Å². The molecule has 6 heteroatoms. The normalized spacial score (nSPS) is 11.9. The van der Waals surface area contributed by atoms with E-state index in [1.807, 2.05) is 5.32 Å². The molecule has 0 aliphatic heterocycles. The molecule has 0 atom stereocenters. The lowest BCUT2D eigenvalue weighted by Gasteiger charge is -2.08. The lowest BCUT2D eigenvalue weighted by atomic mass is 10.0. The van der Waals surface area contributed by atoms with Crippen LogP contribution in [0.3, 0.4) is 0 Å². The highest BCUT2D eigenvalue weighted by atomic mass is 19.4. The van der Waals surface area contributed by atoms with Crippen molar-refractivity contribution in [3.8, 4) is 0 Å². The number of hydrogen-bond acceptors (Lipinski definition) is 2. The third-order valence-electron chi connectivity index (χ3n) is 5.08. The Hall–Kier alpha value is -0.780. The standard InChI is InChI=1S/C22H43F3N2O/c1-27(2)20-18-16-14-12-10-8-6-4-3-5-7-9-11-13-15-17-19-26-21(28)22(23,24)25/h3-20H2,1-2H3,(H,26,28). The molecule has 28 heavy (non-hydrogen) atoms. The summed E-state index contributed by atoms with van der Waals surface area (Å²) in [5.41, 5.74) is 0. The Kier molecular flexibility index (Phi) is 17.8. The molecule has 1 N–H and O–H groups in total. The van der Waals surface area contributed by atoms with Crippen molar-refractivity contribution < 1.29 is 18.0 Å². The molecule has 0 saturated carbocycles. The summed E-state index contributed by atoms with van der Waals surface area (Å²) in [7, 11) is 4.27. The Labute approximate surface area is 170 Å². The molecule has 1 amide bonds. The fraction of sp³-hybridized carbons (Fsp3) is 0.955. The Morgan fingerprint density at radius 2 is 0.964 bits per heavy atom. The number of unbranched alkanes of at least 4 members (excludes halogenated alkanes) is 15. The molecule has 0 radical (unpaired) electrons. The molecule has 0 aromatic heterocycles. The van der Waals surface area contributed by atoms with Crippen LogP contribution in [-0.4, -0.2) is 44.2 Å². The molecular formula is C22H43F3N2O. The van der Waals surface area contributed by atoms with Crippen molar-refractivity contribution in [1.29, 1.82) is 0 Å². The minimum absolute atomic E-state index is 0.119. The number of carbonyl (C=O) groups is 1. The molecule has 0 aromatic carbocycles. The lowest BCUT2D eigenvalue weighted by Crippen LogP contribution is -2.37. The van der Waals surface area contributed by atoms with E-state index < -0.39 is 12.1 Å². The number of rotatable bonds is 19. The molecule has 0 aliphatic rings. The summed E-state index contributed by atoms with van der Waals surface area (Å²) in [5.74, 6) is -1.83. The second kappa shape index (κ2) is 18.3. The van der Waals surface area contributed by atoms with E-state index in [1.54, 1.807) is 0 Å². The van der Waals surface area contributed by atoms with Crippen molar-refractivity contribution >= 4 is 5.91 Å². The third-order valence-corrected chi connectivity index (χ3v) is 5.08. The quantitative estimate of drug-likeness (QED) is 0.248. The van der Waals surface area contributed by atoms with Crippen LogP contribution in [0.1, 0.15) is 103 Å². The van der Waals surface area contributed by atoms with Crippen molar-refractivity contribution in [2.24, 2.45) is 0 Å². The van der Waals surface area contributed by atoms with Crippen molar-refractivity contribution in [2.45, 2.75) is 109 Å². The van der Waals surface area contributed by atoms with E-state index >= 15 is 0 Å². The molecule has 0 unspecified atom stereocenters. The molecule has 168 valence electrons. The zero-order valence-corrected chi connectivity index (χ0v) is 18.2. The van der Waals surface area contributed by atoms with Gasteiger partial charge in [0, 0.05) is 6.54 Å². The second-order valence-corrected chi connectivity index (χ2v) is 8.21. The van der Waals surface area contributed by atoms with Crippen LogP contribution in [0.5, 0.6) is 0 Å². The SMILES string of the molecule is CN(C)CCCCCCCCCCCCCCCCCCNC(=O)C(F)(F)F. The Bertz CT molecular complexity index is 360. The van der Waals surface area contributed by atoms with Gasteiger partial charge in [0.1, 0.15) is 0 Å². The predicted molar refractivity (Wildman–Crippen MR) is 111 cm³/mol. The Morgan fingerprint density at radius 3 is 1.29 bits per heavy atom. The van der Waals surface area contributed by atoms with Gasteiger partial charge >= 0.3 is 12.1 Å². The van der Waals surface area contributed by atoms with E-state index in [4.69, 9.17) is 0 Å². The average Bonchev–Trinajstić information content (AvgIpc) is 2.62. The highest BCUT2D eigenvalue weighted by Crippen LogP contribution is 2.15. The molecule has 0 aliphatic carbocycles. The summed E-state index contributed by atoms with van der Waals surface area (Å²) in [6.45, 7) is 1.33.